The molecule has 2 atom stereocenters. The summed E-state index contributed by atoms with van der Waals surface area (Å²) in [5.41, 5.74) is -3.92. The van der Waals surface area contributed by atoms with E-state index in [9.17, 15) is 37.1 Å². The second-order valence-corrected chi connectivity index (χ2v) is 9.78. The van der Waals surface area contributed by atoms with E-state index >= 15 is 0 Å². The molecule has 2 aromatic rings. The van der Waals surface area contributed by atoms with Gasteiger partial charge in [0, 0.05) is 12.6 Å². The molecule has 1 aliphatic rings. The Balaban J connectivity index is 1.94. The molecule has 1 fully saturated rings. The fraction of sp³-hybridized carbons (Fsp3) is 0.316. The van der Waals surface area contributed by atoms with Crippen molar-refractivity contribution in [2.24, 2.45) is 0 Å². The smallest absolute Gasteiger partial charge is 0.416 e. The summed E-state index contributed by atoms with van der Waals surface area (Å²) in [7, 11) is -4.52. The molecule has 0 aromatic heterocycles. The van der Waals surface area contributed by atoms with Crippen molar-refractivity contribution in [3.05, 3.63) is 57.6 Å². The van der Waals surface area contributed by atoms with E-state index in [2.05, 4.69) is 0 Å². The highest BCUT2D eigenvalue weighted by molar-refractivity contribution is 7.89. The maximum Gasteiger partial charge on any atom is 0.416 e. The van der Waals surface area contributed by atoms with Gasteiger partial charge in [0.05, 0.1) is 39.2 Å². The van der Waals surface area contributed by atoms with Gasteiger partial charge in [0.25, 0.3) is 0 Å². The lowest BCUT2D eigenvalue weighted by molar-refractivity contribution is -0.137. The van der Waals surface area contributed by atoms with Crippen LogP contribution in [0, 0.1) is 11.3 Å². The lowest BCUT2D eigenvalue weighted by Gasteiger charge is -2.27. The normalized spacial score (nSPS) is 22.0. The Kier molecular flexibility index (Phi) is 6.68. The summed E-state index contributed by atoms with van der Waals surface area (Å²) in [5, 5.41) is 30.0. The number of alkyl halides is 3. The van der Waals surface area contributed by atoms with Gasteiger partial charge in [-0.2, -0.15) is 22.7 Å². The van der Waals surface area contributed by atoms with Crippen LogP contribution >= 0.6 is 23.2 Å². The van der Waals surface area contributed by atoms with Crippen molar-refractivity contribution in [3.8, 4) is 11.8 Å². The van der Waals surface area contributed by atoms with E-state index in [-0.39, 0.29) is 15.8 Å². The van der Waals surface area contributed by atoms with Crippen molar-refractivity contribution >= 4 is 33.2 Å². The number of rotatable bonds is 5. The molecule has 0 aliphatic carbocycles. The summed E-state index contributed by atoms with van der Waals surface area (Å²) in [6, 6.07) is 7.30. The topological polar surface area (TPSA) is 111 Å². The van der Waals surface area contributed by atoms with Gasteiger partial charge in [0.2, 0.25) is 10.0 Å². The number of halogens is 5. The van der Waals surface area contributed by atoms with Gasteiger partial charge in [0.1, 0.15) is 23.5 Å². The molecular formula is C19H15Cl2F3N2O5S. The van der Waals surface area contributed by atoms with E-state index in [1.165, 1.54) is 24.3 Å². The molecule has 0 radical (unpaired) electrons. The van der Waals surface area contributed by atoms with Crippen LogP contribution in [-0.2, 0) is 16.2 Å². The van der Waals surface area contributed by atoms with Crippen molar-refractivity contribution in [1.29, 1.82) is 5.26 Å². The van der Waals surface area contributed by atoms with Crippen LogP contribution in [0.15, 0.2) is 41.3 Å². The Morgan fingerprint density at radius 2 is 1.91 bits per heavy atom. The van der Waals surface area contributed by atoms with Crippen molar-refractivity contribution < 1.29 is 36.5 Å². The van der Waals surface area contributed by atoms with Gasteiger partial charge in [0.15, 0.2) is 0 Å². The summed E-state index contributed by atoms with van der Waals surface area (Å²) in [5.74, 6) is 0.141. The molecule has 0 saturated carbocycles. The molecule has 2 N–H and O–H groups in total. The molecule has 0 unspecified atom stereocenters. The Hall–Kier alpha value is -2.07. The third kappa shape index (κ3) is 4.66. The fourth-order valence-corrected chi connectivity index (χ4v) is 5.09. The van der Waals surface area contributed by atoms with Crippen LogP contribution in [0.2, 0.25) is 10.0 Å². The molecule has 32 heavy (non-hydrogen) atoms. The Morgan fingerprint density at radius 1 is 1.22 bits per heavy atom. The Morgan fingerprint density at radius 3 is 2.47 bits per heavy atom. The Bertz CT molecular complexity index is 1190. The van der Waals surface area contributed by atoms with Gasteiger partial charge < -0.3 is 14.9 Å². The van der Waals surface area contributed by atoms with Gasteiger partial charge in [-0.05, 0) is 30.3 Å². The molecule has 0 amide bonds. The van der Waals surface area contributed by atoms with E-state index in [0.29, 0.717) is 18.2 Å². The van der Waals surface area contributed by atoms with Crippen molar-refractivity contribution in [1.82, 2.24) is 4.31 Å². The molecule has 0 spiro atoms. The first kappa shape index (κ1) is 24.6. The van der Waals surface area contributed by atoms with Gasteiger partial charge in [-0.15, -0.1) is 0 Å². The highest BCUT2D eigenvalue weighted by Crippen LogP contribution is 2.35. The number of β-amino-alcohol motifs (C(OH)–C–C–N with tert-alkyl or cyclic N) is 1. The van der Waals surface area contributed by atoms with E-state index in [1.807, 2.05) is 0 Å². The molecule has 3 rings (SSSR count). The number of aliphatic hydroxyl groups excluding tert-OH is 1. The maximum absolute atomic E-state index is 13.1. The number of benzene rings is 2. The quantitative estimate of drug-likeness (QED) is 0.639. The lowest BCUT2D eigenvalue weighted by Crippen LogP contribution is -2.48. The van der Waals surface area contributed by atoms with E-state index < -0.39 is 63.6 Å². The highest BCUT2D eigenvalue weighted by Gasteiger charge is 2.51. The number of sulfonamides is 1. The van der Waals surface area contributed by atoms with Gasteiger partial charge in [-0.3, -0.25) is 0 Å². The van der Waals surface area contributed by atoms with Gasteiger partial charge in [-0.1, -0.05) is 23.2 Å². The van der Waals surface area contributed by atoms with Crippen LogP contribution in [0.1, 0.15) is 11.1 Å². The summed E-state index contributed by atoms with van der Waals surface area (Å²) in [6.45, 7) is -1.95. The molecule has 1 aliphatic heterocycles. The minimum Gasteiger partial charge on any atom is -0.486 e. The summed E-state index contributed by atoms with van der Waals surface area (Å²) < 4.78 is 71.3. The number of aliphatic hydroxyl groups is 2. The maximum atomic E-state index is 13.1. The first-order valence-corrected chi connectivity index (χ1v) is 11.1. The first-order chi connectivity index (χ1) is 14.8. The zero-order valence-corrected chi connectivity index (χ0v) is 18.3. The molecule has 13 heteroatoms. The minimum atomic E-state index is -4.77. The molecule has 2 aromatic carbocycles. The lowest BCUT2D eigenvalue weighted by atomic mass is 10.0. The van der Waals surface area contributed by atoms with Crippen molar-refractivity contribution in [3.63, 3.8) is 0 Å². The van der Waals surface area contributed by atoms with Crippen LogP contribution in [0.5, 0.6) is 5.75 Å². The van der Waals surface area contributed by atoms with Crippen LogP contribution in [0.4, 0.5) is 13.2 Å². The van der Waals surface area contributed by atoms with Crippen molar-refractivity contribution in [2.45, 2.75) is 22.8 Å². The highest BCUT2D eigenvalue weighted by atomic mass is 35.5. The monoisotopic (exact) mass is 510 g/mol. The standard InChI is InChI=1S/C19H15Cl2F3N2O5S/c20-14-3-2-13(6-15(14)21)31-17-8-26(9-18(17,28)10-27)32(29,30)16-4-1-12(19(22,23)24)5-11(16)7-25/h1-6,17,27-28H,8-10H2/t17-,18+/m0/s1. The molecular weight excluding hydrogens is 496 g/mol. The zero-order chi connectivity index (χ0) is 23.9. The number of hydrogen-bond acceptors (Lipinski definition) is 6. The summed E-state index contributed by atoms with van der Waals surface area (Å²) in [6.07, 6.45) is -6.02. The molecule has 1 saturated heterocycles. The largest absolute Gasteiger partial charge is 0.486 e. The van der Waals surface area contributed by atoms with Crippen LogP contribution < -0.4 is 4.74 Å². The van der Waals surface area contributed by atoms with Crippen molar-refractivity contribution in [2.75, 3.05) is 19.7 Å². The van der Waals surface area contributed by atoms with Crippen LogP contribution in [0.25, 0.3) is 0 Å². The predicted molar refractivity (Wildman–Crippen MR) is 108 cm³/mol. The van der Waals surface area contributed by atoms with Gasteiger partial charge in [-0.25, -0.2) is 8.42 Å². The first-order valence-electron chi connectivity index (χ1n) is 8.88. The molecule has 172 valence electrons. The van der Waals surface area contributed by atoms with E-state index in [1.54, 1.807) is 0 Å². The fourth-order valence-electron chi connectivity index (χ4n) is 3.18. The summed E-state index contributed by atoms with van der Waals surface area (Å²) >= 11 is 11.8. The van der Waals surface area contributed by atoms with Crippen LogP contribution in [0.3, 0.4) is 0 Å². The number of nitriles is 1. The second-order valence-electron chi connectivity index (χ2n) is 7.06. The predicted octanol–water partition coefficient (Wildman–Crippen LogP) is 3.06. The third-order valence-corrected chi connectivity index (χ3v) is 7.52. The SMILES string of the molecule is N#Cc1cc(C(F)(F)F)ccc1S(=O)(=O)N1C[C@H](Oc2ccc(Cl)c(Cl)c2)[C@](O)(CO)C1. The second kappa shape index (κ2) is 8.70. The third-order valence-electron chi connectivity index (χ3n) is 4.91. The van der Waals surface area contributed by atoms with Crippen LogP contribution in [-0.4, -0.2) is 54.3 Å². The van der Waals surface area contributed by atoms with E-state index in [4.69, 9.17) is 27.9 Å². The molecule has 7 nitrogen and oxygen atoms in total. The number of ether oxygens (including phenoxy) is 1. The molecule has 0 bridgehead atoms. The number of nitrogens with zero attached hydrogens (tertiary/aromatic N) is 2. The number of hydrogen-bond donors (Lipinski definition) is 2. The minimum absolute atomic E-state index is 0.141. The molecule has 1 heterocycles. The summed E-state index contributed by atoms with van der Waals surface area (Å²) in [4.78, 5) is -0.663. The zero-order valence-electron chi connectivity index (χ0n) is 16.0. The average Bonchev–Trinajstić information content (AvgIpc) is 3.07. The average molecular weight is 511 g/mol. The van der Waals surface area contributed by atoms with Gasteiger partial charge >= 0.3 is 6.18 Å². The Labute approximate surface area is 191 Å². The van der Waals surface area contributed by atoms with E-state index in [0.717, 1.165) is 4.31 Å².